The summed E-state index contributed by atoms with van der Waals surface area (Å²) in [7, 11) is 1.63. The number of rotatable bonds is 31. The van der Waals surface area contributed by atoms with Crippen LogP contribution in [0.3, 0.4) is 0 Å². The summed E-state index contributed by atoms with van der Waals surface area (Å²) in [5.74, 6) is -0.0873. The van der Waals surface area contributed by atoms with Crippen LogP contribution in [0.25, 0.3) is 0 Å². The average Bonchev–Trinajstić information content (AvgIpc) is 2.99. The summed E-state index contributed by atoms with van der Waals surface area (Å²) in [6.45, 7) is 0.547. The van der Waals surface area contributed by atoms with Crippen LogP contribution < -0.4 is 4.74 Å². The highest BCUT2D eigenvalue weighted by Gasteiger charge is 2.17. The van der Waals surface area contributed by atoms with Crippen molar-refractivity contribution in [1.82, 2.24) is 0 Å². The van der Waals surface area contributed by atoms with Crippen LogP contribution in [0.2, 0.25) is 0 Å². The van der Waals surface area contributed by atoms with E-state index in [4.69, 9.17) is 14.6 Å². The molecule has 1 aromatic rings. The number of carbonyl (C=O) groups is 1. The summed E-state index contributed by atoms with van der Waals surface area (Å²) in [6.07, 6.45) is 27.6. The number of aliphatic hydroxyl groups is 2. The monoisotopic (exact) mass is 592 g/mol. The minimum Gasteiger partial charge on any atom is -0.497 e. The molecule has 42 heavy (non-hydrogen) atoms. The molecule has 0 spiro atoms. The lowest BCUT2D eigenvalue weighted by Crippen LogP contribution is -2.23. The van der Waals surface area contributed by atoms with Crippen LogP contribution in [0.1, 0.15) is 160 Å². The van der Waals surface area contributed by atoms with Gasteiger partial charge in [0.05, 0.1) is 19.8 Å². The Morgan fingerprint density at radius 3 is 1.38 bits per heavy atom. The minimum absolute atomic E-state index is 0.169. The number of methoxy groups -OCH3 is 1. The quantitative estimate of drug-likeness (QED) is 0.0743. The van der Waals surface area contributed by atoms with Gasteiger partial charge < -0.3 is 24.8 Å². The van der Waals surface area contributed by atoms with E-state index in [9.17, 15) is 15.0 Å². The molecule has 244 valence electrons. The number of aliphatic hydroxyl groups excluding tert-OH is 2. The number of ether oxygens (including phenoxy) is 2. The molecule has 1 unspecified atom stereocenters. The maximum absolute atomic E-state index is 11.5. The van der Waals surface area contributed by atoms with E-state index < -0.39 is 12.1 Å². The zero-order valence-corrected chi connectivity index (χ0v) is 26.9. The molecular formula is C36H64O6. The molecule has 1 rings (SSSR count). The fourth-order valence-electron chi connectivity index (χ4n) is 5.55. The van der Waals surface area contributed by atoms with Gasteiger partial charge in [-0.2, -0.15) is 0 Å². The van der Waals surface area contributed by atoms with E-state index in [1.807, 2.05) is 24.3 Å². The molecule has 1 aromatic carbocycles. The number of carboxylic acid groups (broad SMARTS) is 1. The van der Waals surface area contributed by atoms with Crippen molar-refractivity contribution >= 4 is 5.97 Å². The summed E-state index contributed by atoms with van der Waals surface area (Å²) in [4.78, 5) is 11.5. The predicted octanol–water partition coefficient (Wildman–Crippen LogP) is 9.38. The number of carboxylic acids is 1. The molecule has 6 nitrogen and oxygen atoms in total. The van der Waals surface area contributed by atoms with Crippen molar-refractivity contribution in [2.75, 3.05) is 13.7 Å². The first-order valence-electron chi connectivity index (χ1n) is 17.3. The van der Waals surface area contributed by atoms with E-state index in [1.165, 1.54) is 103 Å². The maximum atomic E-state index is 11.5. The Morgan fingerprint density at radius 1 is 0.619 bits per heavy atom. The van der Waals surface area contributed by atoms with E-state index in [2.05, 4.69) is 0 Å². The van der Waals surface area contributed by atoms with Gasteiger partial charge in [-0.3, -0.25) is 0 Å². The summed E-state index contributed by atoms with van der Waals surface area (Å²) in [5.41, 5.74) is 0.955. The third kappa shape index (κ3) is 22.9. The van der Waals surface area contributed by atoms with E-state index >= 15 is 0 Å². The number of benzene rings is 1. The van der Waals surface area contributed by atoms with Crippen LogP contribution in [0, 0.1) is 0 Å². The van der Waals surface area contributed by atoms with Gasteiger partial charge in [-0.15, -0.1) is 0 Å². The molecule has 0 bridgehead atoms. The Hall–Kier alpha value is -1.63. The fraction of sp³-hybridized carbons (Fsp3) is 0.806. The zero-order chi connectivity index (χ0) is 30.5. The molecule has 0 saturated carbocycles. The summed E-state index contributed by atoms with van der Waals surface area (Å²) >= 11 is 0. The van der Waals surface area contributed by atoms with Gasteiger partial charge in [-0.1, -0.05) is 134 Å². The molecule has 0 heterocycles. The molecule has 0 aromatic heterocycles. The van der Waals surface area contributed by atoms with E-state index in [-0.39, 0.29) is 12.7 Å². The SMILES string of the molecule is COc1ccc(CO[C@@H](CCCCCCCCCCCCCCCCCCCCCC(O)CCCCO)C(=O)O)cc1. The van der Waals surface area contributed by atoms with Crippen molar-refractivity contribution < 1.29 is 29.6 Å². The third-order valence-corrected chi connectivity index (χ3v) is 8.33. The third-order valence-electron chi connectivity index (χ3n) is 8.33. The zero-order valence-electron chi connectivity index (χ0n) is 26.9. The van der Waals surface area contributed by atoms with Gasteiger partial charge >= 0.3 is 5.97 Å². The van der Waals surface area contributed by atoms with Crippen molar-refractivity contribution in [3.63, 3.8) is 0 Å². The highest BCUT2D eigenvalue weighted by Crippen LogP contribution is 2.18. The second kappa shape index (κ2) is 28.2. The Balaban J connectivity index is 1.81. The average molecular weight is 593 g/mol. The van der Waals surface area contributed by atoms with Crippen LogP contribution in [-0.4, -0.2) is 47.2 Å². The lowest BCUT2D eigenvalue weighted by atomic mass is 10.0. The van der Waals surface area contributed by atoms with Gasteiger partial charge in [0, 0.05) is 6.61 Å². The molecule has 6 heteroatoms. The van der Waals surface area contributed by atoms with Gasteiger partial charge in [0.2, 0.25) is 0 Å². The fourth-order valence-corrected chi connectivity index (χ4v) is 5.55. The van der Waals surface area contributed by atoms with Crippen molar-refractivity contribution in [3.05, 3.63) is 29.8 Å². The molecule has 0 saturated heterocycles. The summed E-state index contributed by atoms with van der Waals surface area (Å²) < 4.78 is 10.8. The number of hydrogen-bond donors (Lipinski definition) is 3. The highest BCUT2D eigenvalue weighted by molar-refractivity contribution is 5.72. The van der Waals surface area contributed by atoms with E-state index in [0.29, 0.717) is 13.0 Å². The Morgan fingerprint density at radius 2 is 1.00 bits per heavy atom. The van der Waals surface area contributed by atoms with Gasteiger partial charge in [-0.05, 0) is 49.8 Å². The lowest BCUT2D eigenvalue weighted by Gasteiger charge is -2.14. The first-order chi connectivity index (χ1) is 20.6. The lowest BCUT2D eigenvalue weighted by molar-refractivity contribution is -0.151. The molecule has 3 N–H and O–H groups in total. The van der Waals surface area contributed by atoms with E-state index in [0.717, 1.165) is 56.3 Å². The smallest absolute Gasteiger partial charge is 0.332 e. The largest absolute Gasteiger partial charge is 0.497 e. The van der Waals surface area contributed by atoms with Crippen molar-refractivity contribution in [2.24, 2.45) is 0 Å². The van der Waals surface area contributed by atoms with Crippen molar-refractivity contribution in [2.45, 2.75) is 173 Å². The second-order valence-electron chi connectivity index (χ2n) is 12.2. The van der Waals surface area contributed by atoms with Gasteiger partial charge in [0.15, 0.2) is 6.10 Å². The molecular weight excluding hydrogens is 528 g/mol. The number of unbranched alkanes of at least 4 members (excludes halogenated alkanes) is 19. The molecule has 0 amide bonds. The molecule has 0 radical (unpaired) electrons. The Kier molecular flexibility index (Phi) is 25.7. The molecule has 0 fully saturated rings. The topological polar surface area (TPSA) is 96.2 Å². The second-order valence-corrected chi connectivity index (χ2v) is 12.2. The first-order valence-corrected chi connectivity index (χ1v) is 17.3. The number of aliphatic carboxylic acids is 1. The Labute approximate surface area is 257 Å². The van der Waals surface area contributed by atoms with Gasteiger partial charge in [-0.25, -0.2) is 4.79 Å². The molecule has 0 aliphatic carbocycles. The molecule has 0 aliphatic heterocycles. The van der Waals surface area contributed by atoms with Crippen LogP contribution in [0.5, 0.6) is 5.75 Å². The van der Waals surface area contributed by atoms with Crippen molar-refractivity contribution in [1.29, 1.82) is 0 Å². The van der Waals surface area contributed by atoms with E-state index in [1.54, 1.807) is 7.11 Å². The maximum Gasteiger partial charge on any atom is 0.332 e. The normalized spacial score (nSPS) is 12.8. The molecule has 2 atom stereocenters. The van der Waals surface area contributed by atoms with Gasteiger partial charge in [0.25, 0.3) is 0 Å². The minimum atomic E-state index is -0.870. The summed E-state index contributed by atoms with van der Waals surface area (Å²) in [6, 6.07) is 7.54. The standard InChI is InChI=1S/C36H64O6/c1-41-34-28-26-32(27-29-34)31-42-35(36(39)40)25-20-18-16-14-12-10-8-6-4-2-3-5-7-9-11-13-15-17-19-23-33(38)24-21-22-30-37/h26-29,33,35,37-38H,2-25,30-31H2,1H3,(H,39,40)/t33?,35-/m0/s1. The van der Waals surface area contributed by atoms with Gasteiger partial charge in [0.1, 0.15) is 5.75 Å². The molecule has 0 aliphatic rings. The van der Waals surface area contributed by atoms with Crippen LogP contribution in [0.4, 0.5) is 0 Å². The predicted molar refractivity (Wildman–Crippen MR) is 173 cm³/mol. The van der Waals surface area contributed by atoms with Crippen LogP contribution >= 0.6 is 0 Å². The summed E-state index contributed by atoms with van der Waals surface area (Å²) in [5, 5.41) is 28.2. The van der Waals surface area contributed by atoms with Crippen LogP contribution in [-0.2, 0) is 16.1 Å². The number of hydrogen-bond acceptors (Lipinski definition) is 5. The Bertz CT molecular complexity index is 722. The highest BCUT2D eigenvalue weighted by atomic mass is 16.5. The van der Waals surface area contributed by atoms with Crippen LogP contribution in [0.15, 0.2) is 24.3 Å². The van der Waals surface area contributed by atoms with Crippen molar-refractivity contribution in [3.8, 4) is 5.75 Å². The first kappa shape index (κ1) is 38.4.